The minimum atomic E-state index is -0.227. The number of aliphatic hydroxyl groups excluding tert-OH is 1. The number of β-amino-alcohol motifs (C(OH)–C–C–N with tert-alkyl or cyclic N) is 1. The molecule has 1 aliphatic heterocycles. The van der Waals surface area contributed by atoms with Crippen LogP contribution in [0.4, 0.5) is 0 Å². The van der Waals surface area contributed by atoms with E-state index in [1.54, 1.807) is 14.2 Å². The largest absolute Gasteiger partial charge is 0.496 e. The third-order valence-corrected chi connectivity index (χ3v) is 5.36. The van der Waals surface area contributed by atoms with E-state index in [2.05, 4.69) is 10.2 Å². The summed E-state index contributed by atoms with van der Waals surface area (Å²) in [7, 11) is 3.20. The van der Waals surface area contributed by atoms with Gasteiger partial charge in [-0.2, -0.15) is 0 Å². The summed E-state index contributed by atoms with van der Waals surface area (Å²) in [6, 6.07) is 6.02. The van der Waals surface area contributed by atoms with Gasteiger partial charge >= 0.3 is 0 Å². The van der Waals surface area contributed by atoms with E-state index in [0.29, 0.717) is 17.5 Å². The van der Waals surface area contributed by atoms with Crippen LogP contribution in [0.1, 0.15) is 31.2 Å². The van der Waals surface area contributed by atoms with Gasteiger partial charge < -0.3 is 19.9 Å². The van der Waals surface area contributed by atoms with Gasteiger partial charge in [0, 0.05) is 30.7 Å². The molecule has 3 atom stereocenters. The second kappa shape index (κ2) is 8.06. The molecule has 2 aliphatic rings. The lowest BCUT2D eigenvalue weighted by molar-refractivity contribution is -0.121. The van der Waals surface area contributed by atoms with Crippen molar-refractivity contribution in [2.75, 3.05) is 27.3 Å². The van der Waals surface area contributed by atoms with Crippen molar-refractivity contribution in [2.45, 2.75) is 50.3 Å². The number of hydrogen-bond donors (Lipinski definition) is 2. The Morgan fingerprint density at radius 3 is 2.56 bits per heavy atom. The van der Waals surface area contributed by atoms with Gasteiger partial charge in [-0.3, -0.25) is 9.69 Å². The lowest BCUT2D eigenvalue weighted by Crippen LogP contribution is -2.48. The number of carbonyl (C=O) groups excluding carboxylic acids is 1. The number of carbonyl (C=O) groups is 1. The number of amides is 1. The summed E-state index contributed by atoms with van der Waals surface area (Å²) in [6.07, 6.45) is 4.02. The molecule has 0 bridgehead atoms. The maximum atomic E-state index is 12.6. The van der Waals surface area contributed by atoms with Crippen molar-refractivity contribution in [3.05, 3.63) is 23.8 Å². The first-order chi connectivity index (χ1) is 12.1. The molecule has 3 rings (SSSR count). The van der Waals surface area contributed by atoms with Crippen molar-refractivity contribution < 1.29 is 19.4 Å². The number of benzene rings is 1. The Morgan fingerprint density at radius 1 is 1.24 bits per heavy atom. The molecule has 1 heterocycles. The van der Waals surface area contributed by atoms with E-state index in [1.165, 1.54) is 0 Å². The molecule has 6 heteroatoms. The molecule has 138 valence electrons. The second-order valence-electron chi connectivity index (χ2n) is 6.93. The quantitative estimate of drug-likeness (QED) is 0.812. The highest BCUT2D eigenvalue weighted by atomic mass is 16.5. The number of aliphatic hydroxyl groups is 1. The van der Waals surface area contributed by atoms with Crippen LogP contribution in [0.3, 0.4) is 0 Å². The van der Waals surface area contributed by atoms with Gasteiger partial charge in [-0.1, -0.05) is 6.07 Å². The summed E-state index contributed by atoms with van der Waals surface area (Å²) < 4.78 is 10.8. The van der Waals surface area contributed by atoms with E-state index in [4.69, 9.17) is 9.47 Å². The molecule has 1 aliphatic carbocycles. The molecule has 0 radical (unpaired) electrons. The summed E-state index contributed by atoms with van der Waals surface area (Å²) in [5, 5.41) is 13.0. The van der Waals surface area contributed by atoms with Gasteiger partial charge in [0.15, 0.2) is 0 Å². The molecule has 1 saturated heterocycles. The number of methoxy groups -OCH3 is 2. The summed E-state index contributed by atoms with van der Waals surface area (Å²) in [4.78, 5) is 15.0. The van der Waals surface area contributed by atoms with Crippen LogP contribution in [0.5, 0.6) is 11.5 Å². The predicted octanol–water partition coefficient (Wildman–Crippen LogP) is 1.35. The maximum absolute atomic E-state index is 12.6. The van der Waals surface area contributed by atoms with Gasteiger partial charge in [-0.05, 0) is 37.8 Å². The van der Waals surface area contributed by atoms with Crippen LogP contribution in [0.2, 0.25) is 0 Å². The first-order valence-corrected chi connectivity index (χ1v) is 9.03. The Morgan fingerprint density at radius 2 is 1.96 bits per heavy atom. The van der Waals surface area contributed by atoms with Crippen molar-refractivity contribution in [3.8, 4) is 11.5 Å². The molecule has 6 nitrogen and oxygen atoms in total. The van der Waals surface area contributed by atoms with Crippen LogP contribution in [-0.4, -0.2) is 61.4 Å². The second-order valence-corrected chi connectivity index (χ2v) is 6.93. The summed E-state index contributed by atoms with van der Waals surface area (Å²) in [5.74, 6) is 1.32. The van der Waals surface area contributed by atoms with Crippen LogP contribution in [-0.2, 0) is 11.2 Å². The SMILES string of the molecule is COc1cccc(OC)c1CC(=O)N[C@@H]1CCC[C@@H]1N1CCC(O)C1. The highest BCUT2D eigenvalue weighted by molar-refractivity contribution is 5.80. The minimum Gasteiger partial charge on any atom is -0.496 e. The Hall–Kier alpha value is -1.79. The number of nitrogens with zero attached hydrogens (tertiary/aromatic N) is 1. The number of likely N-dealkylation sites (tertiary alicyclic amines) is 1. The Labute approximate surface area is 149 Å². The van der Waals surface area contributed by atoms with E-state index in [1.807, 2.05) is 18.2 Å². The van der Waals surface area contributed by atoms with Crippen molar-refractivity contribution in [2.24, 2.45) is 0 Å². The van der Waals surface area contributed by atoms with Gasteiger partial charge in [0.2, 0.25) is 5.91 Å². The van der Waals surface area contributed by atoms with Gasteiger partial charge in [-0.25, -0.2) is 0 Å². The molecule has 25 heavy (non-hydrogen) atoms. The monoisotopic (exact) mass is 348 g/mol. The van der Waals surface area contributed by atoms with Crippen LogP contribution in [0.25, 0.3) is 0 Å². The van der Waals surface area contributed by atoms with Gasteiger partial charge in [0.25, 0.3) is 0 Å². The topological polar surface area (TPSA) is 71.0 Å². The molecule has 2 fully saturated rings. The third kappa shape index (κ3) is 4.07. The molecule has 1 aromatic rings. The molecule has 1 amide bonds. The third-order valence-electron chi connectivity index (χ3n) is 5.36. The Balaban J connectivity index is 1.64. The highest BCUT2D eigenvalue weighted by Crippen LogP contribution is 2.30. The zero-order valence-corrected chi connectivity index (χ0v) is 15.0. The Kier molecular flexibility index (Phi) is 5.81. The van der Waals surface area contributed by atoms with Crippen molar-refractivity contribution in [1.82, 2.24) is 10.2 Å². The predicted molar refractivity (Wildman–Crippen MR) is 95.0 cm³/mol. The average molecular weight is 348 g/mol. The normalized spacial score (nSPS) is 26.6. The lowest BCUT2D eigenvalue weighted by Gasteiger charge is -2.29. The van der Waals surface area contributed by atoms with Crippen molar-refractivity contribution in [1.29, 1.82) is 0 Å². The van der Waals surface area contributed by atoms with Crippen LogP contribution >= 0.6 is 0 Å². The van der Waals surface area contributed by atoms with Crippen molar-refractivity contribution in [3.63, 3.8) is 0 Å². The molecule has 1 aromatic carbocycles. The number of rotatable bonds is 6. The van der Waals surface area contributed by atoms with Gasteiger partial charge in [0.1, 0.15) is 11.5 Å². The number of ether oxygens (including phenoxy) is 2. The van der Waals surface area contributed by atoms with E-state index in [9.17, 15) is 9.90 Å². The molecule has 2 N–H and O–H groups in total. The molecule has 0 aromatic heterocycles. The molecular formula is C19H28N2O4. The highest BCUT2D eigenvalue weighted by Gasteiger charge is 2.36. The first-order valence-electron chi connectivity index (χ1n) is 9.03. The van der Waals surface area contributed by atoms with Crippen LogP contribution in [0.15, 0.2) is 18.2 Å². The maximum Gasteiger partial charge on any atom is 0.224 e. The van der Waals surface area contributed by atoms with Gasteiger partial charge in [0.05, 0.1) is 26.7 Å². The molecule has 1 unspecified atom stereocenters. The minimum absolute atomic E-state index is 0.0144. The fraction of sp³-hybridized carbons (Fsp3) is 0.632. The smallest absolute Gasteiger partial charge is 0.224 e. The van der Waals surface area contributed by atoms with Crippen LogP contribution < -0.4 is 14.8 Å². The lowest BCUT2D eigenvalue weighted by atomic mass is 10.1. The van der Waals surface area contributed by atoms with E-state index >= 15 is 0 Å². The standard InChI is InChI=1S/C19H28N2O4/c1-24-17-7-4-8-18(25-2)14(17)11-19(23)20-15-5-3-6-16(15)21-10-9-13(22)12-21/h4,7-8,13,15-16,22H,3,5-6,9-12H2,1-2H3,(H,20,23)/t13?,15-,16+/m1/s1. The first kappa shape index (κ1) is 18.0. The molecule has 1 saturated carbocycles. The number of hydrogen-bond acceptors (Lipinski definition) is 5. The van der Waals surface area contributed by atoms with Crippen LogP contribution in [0, 0.1) is 0 Å². The summed E-state index contributed by atoms with van der Waals surface area (Å²) in [5.41, 5.74) is 0.774. The van der Waals surface area contributed by atoms with E-state index in [0.717, 1.165) is 44.3 Å². The summed E-state index contributed by atoms with van der Waals surface area (Å²) in [6.45, 7) is 1.63. The molecule has 0 spiro atoms. The zero-order valence-electron chi connectivity index (χ0n) is 15.0. The van der Waals surface area contributed by atoms with Gasteiger partial charge in [-0.15, -0.1) is 0 Å². The average Bonchev–Trinajstić information content (AvgIpc) is 3.23. The number of nitrogens with one attached hydrogen (secondary N) is 1. The fourth-order valence-corrected chi connectivity index (χ4v) is 4.14. The van der Waals surface area contributed by atoms with Crippen molar-refractivity contribution >= 4 is 5.91 Å². The van der Waals surface area contributed by atoms with E-state index in [-0.39, 0.29) is 24.5 Å². The Bertz CT molecular complexity index is 585. The summed E-state index contributed by atoms with van der Waals surface area (Å²) >= 11 is 0. The zero-order chi connectivity index (χ0) is 17.8. The fourth-order valence-electron chi connectivity index (χ4n) is 4.14. The molecular weight excluding hydrogens is 320 g/mol. The van der Waals surface area contributed by atoms with E-state index < -0.39 is 0 Å².